The fraction of sp³-hybridized carbons (Fsp3) is 0.400. The predicted octanol–water partition coefficient (Wildman–Crippen LogP) is 3.06. The monoisotopic (exact) mass is 297 g/mol. The third-order valence-electron chi connectivity index (χ3n) is 2.49. The highest BCUT2D eigenvalue weighted by Gasteiger charge is 2.07. The van der Waals surface area contributed by atoms with Gasteiger partial charge in [-0.1, -0.05) is 6.58 Å². The summed E-state index contributed by atoms with van der Waals surface area (Å²) in [6.45, 7) is 7.49. The topological polar surface area (TPSA) is 56.8 Å². The Balaban J connectivity index is 2.31. The van der Waals surface area contributed by atoms with Crippen molar-refractivity contribution in [3.05, 3.63) is 36.7 Å². The van der Waals surface area contributed by atoms with Crippen LogP contribution in [0.1, 0.15) is 13.8 Å². The van der Waals surface area contributed by atoms with E-state index < -0.39 is 18.0 Å². The summed E-state index contributed by atoms with van der Waals surface area (Å²) in [5.74, 6) is 0.624. The average Bonchev–Trinajstić information content (AvgIpc) is 2.45. The molecule has 1 N–H and O–H groups in total. The fourth-order valence-corrected chi connectivity index (χ4v) is 1.39. The van der Waals surface area contributed by atoms with E-state index in [4.69, 9.17) is 14.2 Å². The Morgan fingerprint density at radius 2 is 1.95 bits per heavy atom. The maximum Gasteiger partial charge on any atom is 0.407 e. The molecule has 1 unspecified atom stereocenters. The number of nitrogens with one attached hydrogen (secondary N) is 1. The lowest BCUT2D eigenvalue weighted by atomic mass is 10.3. The summed E-state index contributed by atoms with van der Waals surface area (Å²) >= 11 is 0. The average molecular weight is 297 g/mol. The number of carbonyl (C=O) groups is 1. The molecule has 1 atom stereocenters. The van der Waals surface area contributed by atoms with E-state index >= 15 is 0 Å². The minimum Gasteiger partial charge on any atom is -0.492 e. The summed E-state index contributed by atoms with van der Waals surface area (Å²) in [5.41, 5.74) is 0. The molecule has 1 amide bonds. The summed E-state index contributed by atoms with van der Waals surface area (Å²) in [6.07, 6.45) is -1.16. The maximum atomic E-state index is 12.8. The van der Waals surface area contributed by atoms with Crippen LogP contribution in [-0.4, -0.2) is 32.0 Å². The Bertz CT molecular complexity index is 461. The van der Waals surface area contributed by atoms with E-state index in [-0.39, 0.29) is 0 Å². The van der Waals surface area contributed by atoms with Crippen LogP contribution in [0.15, 0.2) is 36.7 Å². The van der Waals surface area contributed by atoms with Gasteiger partial charge in [0.05, 0.1) is 13.2 Å². The number of carbonyl (C=O) groups excluding carboxylic acids is 1. The van der Waals surface area contributed by atoms with Crippen LogP contribution in [0.25, 0.3) is 0 Å². The normalized spacial score (nSPS) is 11.4. The zero-order chi connectivity index (χ0) is 15.7. The third-order valence-corrected chi connectivity index (χ3v) is 2.49. The summed E-state index contributed by atoms with van der Waals surface area (Å²) in [4.78, 5) is 11.0. The van der Waals surface area contributed by atoms with Crippen LogP contribution in [0.2, 0.25) is 0 Å². The van der Waals surface area contributed by atoms with Gasteiger partial charge in [-0.15, -0.1) is 0 Å². The van der Waals surface area contributed by atoms with Gasteiger partial charge in [0.25, 0.3) is 0 Å². The Morgan fingerprint density at radius 3 is 2.52 bits per heavy atom. The van der Waals surface area contributed by atoms with E-state index in [0.717, 1.165) is 0 Å². The summed E-state index contributed by atoms with van der Waals surface area (Å²) in [7, 11) is 0. The minimum absolute atomic E-state index is 0.316. The second kappa shape index (κ2) is 8.84. The van der Waals surface area contributed by atoms with Crippen LogP contribution in [0.3, 0.4) is 0 Å². The van der Waals surface area contributed by atoms with Gasteiger partial charge < -0.3 is 19.5 Å². The van der Waals surface area contributed by atoms with Crippen LogP contribution in [-0.2, 0) is 4.74 Å². The van der Waals surface area contributed by atoms with Crippen molar-refractivity contribution in [1.82, 2.24) is 5.32 Å². The Hall–Kier alpha value is -2.24. The van der Waals surface area contributed by atoms with Crippen molar-refractivity contribution in [3.8, 4) is 11.5 Å². The lowest BCUT2D eigenvalue weighted by Crippen LogP contribution is -2.28. The number of hydrogen-bond donors (Lipinski definition) is 1. The smallest absolute Gasteiger partial charge is 0.407 e. The molecule has 0 saturated carbocycles. The first-order valence-corrected chi connectivity index (χ1v) is 6.67. The molecule has 116 valence electrons. The first-order valence-electron chi connectivity index (χ1n) is 6.67. The Kier molecular flexibility index (Phi) is 7.08. The van der Waals surface area contributed by atoms with Crippen molar-refractivity contribution >= 4 is 6.09 Å². The molecule has 6 heteroatoms. The van der Waals surface area contributed by atoms with Crippen molar-refractivity contribution in [1.29, 1.82) is 0 Å². The lowest BCUT2D eigenvalue weighted by molar-refractivity contribution is 0.150. The summed E-state index contributed by atoms with van der Waals surface area (Å²) in [6, 6.07) is 6.75. The summed E-state index contributed by atoms with van der Waals surface area (Å²) in [5, 5.41) is 2.54. The quantitative estimate of drug-likeness (QED) is 0.749. The molecule has 1 aromatic carbocycles. The molecule has 0 fully saturated rings. The van der Waals surface area contributed by atoms with E-state index in [1.54, 1.807) is 38.1 Å². The number of rotatable bonds is 8. The number of benzene rings is 1. The first kappa shape index (κ1) is 16.8. The van der Waals surface area contributed by atoms with Crippen LogP contribution in [0.4, 0.5) is 9.18 Å². The molecule has 0 aliphatic carbocycles. The number of hydrogen-bond acceptors (Lipinski definition) is 4. The molecule has 0 bridgehead atoms. The molecule has 0 spiro atoms. The van der Waals surface area contributed by atoms with Gasteiger partial charge in [-0.25, -0.2) is 9.18 Å². The van der Waals surface area contributed by atoms with E-state index in [2.05, 4.69) is 11.9 Å². The summed E-state index contributed by atoms with van der Waals surface area (Å²) < 4.78 is 28.2. The molecule has 0 aliphatic heterocycles. The Morgan fingerprint density at radius 1 is 1.33 bits per heavy atom. The van der Waals surface area contributed by atoms with Gasteiger partial charge in [-0.2, -0.15) is 0 Å². The number of amides is 1. The first-order chi connectivity index (χ1) is 10.0. The van der Waals surface area contributed by atoms with Gasteiger partial charge in [0.2, 0.25) is 0 Å². The highest BCUT2D eigenvalue weighted by atomic mass is 19.1. The highest BCUT2D eigenvalue weighted by Crippen LogP contribution is 2.20. The van der Waals surface area contributed by atoms with Crippen molar-refractivity contribution in [2.75, 3.05) is 19.8 Å². The SMILES string of the molecule is C=C(F)C(C)Oc1ccc(OCCNC(=O)OCC)cc1. The van der Waals surface area contributed by atoms with Gasteiger partial charge in [0, 0.05) is 0 Å². The lowest BCUT2D eigenvalue weighted by Gasteiger charge is -2.13. The molecule has 1 aromatic rings. The third kappa shape index (κ3) is 6.65. The second-order valence-electron chi connectivity index (χ2n) is 4.17. The molecule has 21 heavy (non-hydrogen) atoms. The number of halogens is 1. The molecular weight excluding hydrogens is 277 g/mol. The largest absolute Gasteiger partial charge is 0.492 e. The molecular formula is C15H20FNO4. The van der Waals surface area contributed by atoms with Crippen molar-refractivity contribution in [3.63, 3.8) is 0 Å². The van der Waals surface area contributed by atoms with E-state index in [1.807, 2.05) is 0 Å². The van der Waals surface area contributed by atoms with Crippen LogP contribution < -0.4 is 14.8 Å². The van der Waals surface area contributed by atoms with Crippen molar-refractivity contribution < 1.29 is 23.4 Å². The molecule has 0 aliphatic rings. The fourth-order valence-electron chi connectivity index (χ4n) is 1.39. The van der Waals surface area contributed by atoms with Crippen LogP contribution >= 0.6 is 0 Å². The standard InChI is InChI=1S/C15H20FNO4/c1-4-19-15(18)17-9-10-20-13-5-7-14(8-6-13)21-12(3)11(2)16/h5-8,12H,2,4,9-10H2,1,3H3,(H,17,18). The van der Waals surface area contributed by atoms with Gasteiger partial charge in [0.15, 0.2) is 0 Å². The Labute approximate surface area is 123 Å². The van der Waals surface area contributed by atoms with Gasteiger partial charge >= 0.3 is 6.09 Å². The second-order valence-corrected chi connectivity index (χ2v) is 4.17. The molecule has 0 heterocycles. The maximum absolute atomic E-state index is 12.8. The molecule has 0 radical (unpaired) electrons. The zero-order valence-electron chi connectivity index (χ0n) is 12.2. The molecule has 0 saturated heterocycles. The van der Waals surface area contributed by atoms with Crippen LogP contribution in [0.5, 0.6) is 11.5 Å². The minimum atomic E-state index is -0.689. The zero-order valence-corrected chi connectivity index (χ0v) is 12.2. The van der Waals surface area contributed by atoms with Gasteiger partial charge in [-0.05, 0) is 38.1 Å². The predicted molar refractivity (Wildman–Crippen MR) is 77.3 cm³/mol. The van der Waals surface area contributed by atoms with E-state index in [1.165, 1.54) is 0 Å². The highest BCUT2D eigenvalue weighted by molar-refractivity contribution is 5.66. The van der Waals surface area contributed by atoms with E-state index in [0.29, 0.717) is 31.3 Å². The van der Waals surface area contributed by atoms with Gasteiger partial charge in [0.1, 0.15) is 30.0 Å². The van der Waals surface area contributed by atoms with Crippen LogP contribution in [0, 0.1) is 0 Å². The van der Waals surface area contributed by atoms with Crippen molar-refractivity contribution in [2.45, 2.75) is 20.0 Å². The molecule has 1 rings (SSSR count). The number of alkyl carbamates (subject to hydrolysis) is 1. The van der Waals surface area contributed by atoms with Gasteiger partial charge in [-0.3, -0.25) is 0 Å². The molecule has 0 aromatic heterocycles. The molecule has 5 nitrogen and oxygen atoms in total. The number of ether oxygens (including phenoxy) is 3. The van der Waals surface area contributed by atoms with Crippen molar-refractivity contribution in [2.24, 2.45) is 0 Å². The van der Waals surface area contributed by atoms with E-state index in [9.17, 15) is 9.18 Å².